The Balaban J connectivity index is 2.07. The minimum Gasteiger partial charge on any atom is -0.307 e. The number of aromatic nitrogens is 3. The van der Waals surface area contributed by atoms with E-state index in [0.717, 1.165) is 28.0 Å². The standard InChI is InChI=1S/C15H13BrClN3/c1-10-2-4-11(5-3-10)9-20-14(7-17)19-13-6-12(16)8-18-15(13)20/h2-6,8H,7,9H2,1H3. The lowest BCUT2D eigenvalue weighted by molar-refractivity contribution is 0.770. The molecule has 0 amide bonds. The molecule has 0 radical (unpaired) electrons. The molecule has 0 aliphatic rings. The van der Waals surface area contributed by atoms with Gasteiger partial charge in [0.25, 0.3) is 0 Å². The van der Waals surface area contributed by atoms with Crippen LogP contribution in [0.5, 0.6) is 0 Å². The molecule has 2 heterocycles. The van der Waals surface area contributed by atoms with Crippen molar-refractivity contribution in [3.63, 3.8) is 0 Å². The van der Waals surface area contributed by atoms with Crippen LogP contribution in [0.4, 0.5) is 0 Å². The zero-order valence-corrected chi connectivity index (χ0v) is 13.3. The predicted molar refractivity (Wildman–Crippen MR) is 85.1 cm³/mol. The van der Waals surface area contributed by atoms with Crippen molar-refractivity contribution in [1.82, 2.24) is 14.5 Å². The zero-order chi connectivity index (χ0) is 14.1. The molecule has 0 aliphatic heterocycles. The Morgan fingerprint density at radius 1 is 1.25 bits per heavy atom. The summed E-state index contributed by atoms with van der Waals surface area (Å²) in [6.45, 7) is 2.81. The highest BCUT2D eigenvalue weighted by atomic mass is 79.9. The maximum absolute atomic E-state index is 6.01. The summed E-state index contributed by atoms with van der Waals surface area (Å²) >= 11 is 9.43. The lowest BCUT2D eigenvalue weighted by Crippen LogP contribution is -2.04. The van der Waals surface area contributed by atoms with E-state index in [2.05, 4.69) is 61.7 Å². The average molecular weight is 351 g/mol. The van der Waals surface area contributed by atoms with Crippen LogP contribution >= 0.6 is 27.5 Å². The molecule has 3 nitrogen and oxygen atoms in total. The minimum absolute atomic E-state index is 0.375. The molecule has 2 aromatic heterocycles. The lowest BCUT2D eigenvalue weighted by Gasteiger charge is -2.07. The summed E-state index contributed by atoms with van der Waals surface area (Å²) in [6, 6.07) is 10.4. The molecule has 0 fully saturated rings. The number of imidazole rings is 1. The third-order valence-electron chi connectivity index (χ3n) is 3.21. The molecule has 5 heteroatoms. The summed E-state index contributed by atoms with van der Waals surface area (Å²) in [5.41, 5.74) is 4.20. The highest BCUT2D eigenvalue weighted by Gasteiger charge is 2.11. The highest BCUT2D eigenvalue weighted by Crippen LogP contribution is 2.20. The van der Waals surface area contributed by atoms with Gasteiger partial charge < -0.3 is 4.57 Å². The Bertz CT molecular complexity index is 750. The van der Waals surface area contributed by atoms with Crippen LogP contribution in [0.15, 0.2) is 41.0 Å². The first kappa shape index (κ1) is 13.6. The lowest BCUT2D eigenvalue weighted by atomic mass is 10.1. The zero-order valence-electron chi connectivity index (χ0n) is 11.0. The van der Waals surface area contributed by atoms with Crippen molar-refractivity contribution in [3.05, 3.63) is 58.0 Å². The number of rotatable bonds is 3. The fourth-order valence-electron chi connectivity index (χ4n) is 2.18. The summed E-state index contributed by atoms with van der Waals surface area (Å²) in [6.07, 6.45) is 1.79. The molecule has 0 bridgehead atoms. The van der Waals surface area contributed by atoms with E-state index in [9.17, 15) is 0 Å². The van der Waals surface area contributed by atoms with Crippen LogP contribution in [0.25, 0.3) is 11.2 Å². The van der Waals surface area contributed by atoms with Gasteiger partial charge in [-0.05, 0) is 34.5 Å². The first-order chi connectivity index (χ1) is 9.67. The quantitative estimate of drug-likeness (QED) is 0.660. The number of hydrogen-bond donors (Lipinski definition) is 0. The van der Waals surface area contributed by atoms with Crippen molar-refractivity contribution in [2.75, 3.05) is 0 Å². The fraction of sp³-hybridized carbons (Fsp3) is 0.200. The number of halogens is 2. The molecule has 0 unspecified atom stereocenters. The second-order valence-corrected chi connectivity index (χ2v) is 5.91. The van der Waals surface area contributed by atoms with Crippen molar-refractivity contribution in [2.45, 2.75) is 19.3 Å². The van der Waals surface area contributed by atoms with Crippen molar-refractivity contribution < 1.29 is 0 Å². The molecule has 3 aromatic rings. The number of pyridine rings is 1. The topological polar surface area (TPSA) is 30.7 Å². The van der Waals surface area contributed by atoms with Gasteiger partial charge in [0, 0.05) is 10.7 Å². The molecule has 3 rings (SSSR count). The molecule has 0 atom stereocenters. The van der Waals surface area contributed by atoms with E-state index >= 15 is 0 Å². The van der Waals surface area contributed by atoms with Crippen LogP contribution in [-0.2, 0) is 12.4 Å². The number of hydrogen-bond acceptors (Lipinski definition) is 2. The van der Waals surface area contributed by atoms with E-state index in [-0.39, 0.29) is 0 Å². The number of aryl methyl sites for hydroxylation is 1. The smallest absolute Gasteiger partial charge is 0.160 e. The second kappa shape index (κ2) is 5.54. The molecule has 0 spiro atoms. The Kier molecular flexibility index (Phi) is 3.76. The van der Waals surface area contributed by atoms with Crippen molar-refractivity contribution in [1.29, 1.82) is 0 Å². The summed E-state index contributed by atoms with van der Waals surface area (Å²) < 4.78 is 2.99. The van der Waals surface area contributed by atoms with Crippen LogP contribution in [0.2, 0.25) is 0 Å². The third-order valence-corrected chi connectivity index (χ3v) is 3.88. The first-order valence-electron chi connectivity index (χ1n) is 6.29. The SMILES string of the molecule is Cc1ccc(Cn2c(CCl)nc3cc(Br)cnc32)cc1. The third kappa shape index (κ3) is 2.58. The summed E-state index contributed by atoms with van der Waals surface area (Å²) in [4.78, 5) is 9.00. The van der Waals surface area contributed by atoms with Crippen LogP contribution < -0.4 is 0 Å². The minimum atomic E-state index is 0.375. The molecule has 20 heavy (non-hydrogen) atoms. The molecule has 1 aromatic carbocycles. The van der Waals surface area contributed by atoms with Crippen LogP contribution in [0, 0.1) is 6.92 Å². The van der Waals surface area contributed by atoms with Gasteiger partial charge >= 0.3 is 0 Å². The molecule has 0 aliphatic carbocycles. The van der Waals surface area contributed by atoms with Crippen molar-refractivity contribution >= 4 is 38.7 Å². The normalized spacial score (nSPS) is 11.2. The summed E-state index contributed by atoms with van der Waals surface area (Å²) in [7, 11) is 0. The molecule has 0 saturated carbocycles. The predicted octanol–water partition coefficient (Wildman–Crippen LogP) is 4.29. The van der Waals surface area contributed by atoms with Crippen LogP contribution in [0.1, 0.15) is 17.0 Å². The monoisotopic (exact) mass is 349 g/mol. The van der Waals surface area contributed by atoms with Gasteiger partial charge in [-0.1, -0.05) is 29.8 Å². The summed E-state index contributed by atoms with van der Waals surface area (Å²) in [5.74, 6) is 1.22. The number of nitrogens with zero attached hydrogens (tertiary/aromatic N) is 3. The average Bonchev–Trinajstić information content (AvgIpc) is 2.78. The number of benzene rings is 1. The Labute approximate surface area is 130 Å². The Morgan fingerprint density at radius 2 is 2.00 bits per heavy atom. The van der Waals surface area contributed by atoms with Gasteiger partial charge in [-0.25, -0.2) is 9.97 Å². The van der Waals surface area contributed by atoms with Gasteiger partial charge in [0.05, 0.1) is 12.4 Å². The van der Waals surface area contributed by atoms with Gasteiger partial charge in [-0.15, -0.1) is 11.6 Å². The first-order valence-corrected chi connectivity index (χ1v) is 7.62. The van der Waals surface area contributed by atoms with Gasteiger partial charge in [0.2, 0.25) is 0 Å². The Hall–Kier alpha value is -1.39. The van der Waals surface area contributed by atoms with E-state index in [1.54, 1.807) is 6.20 Å². The van der Waals surface area contributed by atoms with E-state index in [1.807, 2.05) is 6.07 Å². The summed E-state index contributed by atoms with van der Waals surface area (Å²) in [5, 5.41) is 0. The second-order valence-electron chi connectivity index (χ2n) is 4.73. The van der Waals surface area contributed by atoms with Gasteiger partial charge in [-0.2, -0.15) is 0 Å². The number of alkyl halides is 1. The van der Waals surface area contributed by atoms with Gasteiger partial charge in [0.15, 0.2) is 5.65 Å². The maximum Gasteiger partial charge on any atom is 0.160 e. The largest absolute Gasteiger partial charge is 0.307 e. The number of fused-ring (bicyclic) bond motifs is 1. The Morgan fingerprint density at radius 3 is 2.70 bits per heavy atom. The van der Waals surface area contributed by atoms with Crippen LogP contribution in [-0.4, -0.2) is 14.5 Å². The van der Waals surface area contributed by atoms with E-state index in [0.29, 0.717) is 5.88 Å². The van der Waals surface area contributed by atoms with Gasteiger partial charge in [-0.3, -0.25) is 0 Å². The van der Waals surface area contributed by atoms with Crippen molar-refractivity contribution in [2.24, 2.45) is 0 Å². The molecule has 0 N–H and O–H groups in total. The highest BCUT2D eigenvalue weighted by molar-refractivity contribution is 9.10. The van der Waals surface area contributed by atoms with E-state index < -0.39 is 0 Å². The fourth-order valence-corrected chi connectivity index (χ4v) is 2.70. The molecule has 102 valence electrons. The molecular formula is C15H13BrClN3. The molecular weight excluding hydrogens is 338 g/mol. The van der Waals surface area contributed by atoms with E-state index in [4.69, 9.17) is 11.6 Å². The maximum atomic E-state index is 6.01. The van der Waals surface area contributed by atoms with Crippen molar-refractivity contribution in [3.8, 4) is 0 Å². The van der Waals surface area contributed by atoms with E-state index in [1.165, 1.54) is 11.1 Å². The molecule has 0 saturated heterocycles. The van der Waals surface area contributed by atoms with Gasteiger partial charge in [0.1, 0.15) is 11.3 Å². The van der Waals surface area contributed by atoms with Crippen LogP contribution in [0.3, 0.4) is 0 Å².